The molecular formula is C15H13FO4. The summed E-state index contributed by atoms with van der Waals surface area (Å²) < 4.78 is 29.7. The highest BCUT2D eigenvalue weighted by Gasteiger charge is 2.17. The highest BCUT2D eigenvalue weighted by molar-refractivity contribution is 5.79. The zero-order valence-corrected chi connectivity index (χ0v) is 11.1. The SMILES string of the molecule is COc1cccc(OC)c1Oc1c(F)cccc1C=O. The van der Waals surface area contributed by atoms with E-state index >= 15 is 0 Å². The third kappa shape index (κ3) is 2.56. The number of halogens is 1. The minimum Gasteiger partial charge on any atom is -0.493 e. The quantitative estimate of drug-likeness (QED) is 0.785. The second-order valence-electron chi connectivity index (χ2n) is 3.87. The molecule has 4 nitrogen and oxygen atoms in total. The van der Waals surface area contributed by atoms with Crippen molar-refractivity contribution < 1.29 is 23.4 Å². The largest absolute Gasteiger partial charge is 0.493 e. The first-order valence-corrected chi connectivity index (χ1v) is 5.83. The summed E-state index contributed by atoms with van der Waals surface area (Å²) in [5, 5.41) is 0. The van der Waals surface area contributed by atoms with Crippen molar-refractivity contribution in [2.45, 2.75) is 0 Å². The van der Waals surface area contributed by atoms with Gasteiger partial charge in [-0.05, 0) is 24.3 Å². The molecule has 0 aromatic heterocycles. The molecule has 20 heavy (non-hydrogen) atoms. The molecule has 0 saturated heterocycles. The van der Waals surface area contributed by atoms with E-state index in [1.807, 2.05) is 0 Å². The van der Waals surface area contributed by atoms with Crippen molar-refractivity contribution in [2.75, 3.05) is 14.2 Å². The number of hydrogen-bond donors (Lipinski definition) is 0. The van der Waals surface area contributed by atoms with E-state index in [-0.39, 0.29) is 17.1 Å². The Hall–Kier alpha value is -2.56. The molecule has 0 saturated carbocycles. The molecule has 0 aliphatic heterocycles. The van der Waals surface area contributed by atoms with E-state index in [0.717, 1.165) is 0 Å². The van der Waals surface area contributed by atoms with Gasteiger partial charge in [0.15, 0.2) is 29.4 Å². The molecule has 104 valence electrons. The minimum atomic E-state index is -0.637. The van der Waals surface area contributed by atoms with Crippen LogP contribution in [0.2, 0.25) is 0 Å². The third-order valence-corrected chi connectivity index (χ3v) is 2.71. The fourth-order valence-corrected chi connectivity index (χ4v) is 1.75. The number of methoxy groups -OCH3 is 2. The number of hydrogen-bond acceptors (Lipinski definition) is 4. The number of benzene rings is 2. The van der Waals surface area contributed by atoms with E-state index in [1.165, 1.54) is 32.4 Å². The first-order valence-electron chi connectivity index (χ1n) is 5.83. The Morgan fingerprint density at radius 1 is 0.950 bits per heavy atom. The highest BCUT2D eigenvalue weighted by atomic mass is 19.1. The molecule has 0 aliphatic carbocycles. The molecule has 0 radical (unpaired) electrons. The van der Waals surface area contributed by atoms with Crippen molar-refractivity contribution in [3.63, 3.8) is 0 Å². The molecular weight excluding hydrogens is 263 g/mol. The number of carbonyl (C=O) groups is 1. The third-order valence-electron chi connectivity index (χ3n) is 2.71. The highest BCUT2D eigenvalue weighted by Crippen LogP contribution is 2.41. The van der Waals surface area contributed by atoms with E-state index in [4.69, 9.17) is 14.2 Å². The van der Waals surface area contributed by atoms with Gasteiger partial charge in [-0.3, -0.25) is 4.79 Å². The van der Waals surface area contributed by atoms with Crippen LogP contribution in [0.5, 0.6) is 23.0 Å². The predicted octanol–water partition coefficient (Wildman–Crippen LogP) is 3.45. The van der Waals surface area contributed by atoms with Crippen LogP contribution in [0.4, 0.5) is 4.39 Å². The van der Waals surface area contributed by atoms with Crippen LogP contribution in [0.3, 0.4) is 0 Å². The zero-order valence-electron chi connectivity index (χ0n) is 11.1. The fourth-order valence-electron chi connectivity index (χ4n) is 1.75. The summed E-state index contributed by atoms with van der Waals surface area (Å²) in [6, 6.07) is 9.13. The van der Waals surface area contributed by atoms with Gasteiger partial charge in [0.1, 0.15) is 0 Å². The molecule has 0 N–H and O–H groups in total. The summed E-state index contributed by atoms with van der Waals surface area (Å²) in [6.45, 7) is 0. The van der Waals surface area contributed by atoms with Gasteiger partial charge in [-0.25, -0.2) is 4.39 Å². The van der Waals surface area contributed by atoms with Crippen LogP contribution in [0.15, 0.2) is 36.4 Å². The van der Waals surface area contributed by atoms with Gasteiger partial charge in [-0.15, -0.1) is 0 Å². The summed E-state index contributed by atoms with van der Waals surface area (Å²) in [7, 11) is 2.92. The average molecular weight is 276 g/mol. The van der Waals surface area contributed by atoms with Gasteiger partial charge in [0, 0.05) is 0 Å². The summed E-state index contributed by atoms with van der Waals surface area (Å²) in [4.78, 5) is 11.0. The predicted molar refractivity (Wildman–Crippen MR) is 71.4 cm³/mol. The Morgan fingerprint density at radius 3 is 2.10 bits per heavy atom. The lowest BCUT2D eigenvalue weighted by molar-refractivity contribution is 0.112. The number of ether oxygens (including phenoxy) is 3. The first kappa shape index (κ1) is 13.9. The van der Waals surface area contributed by atoms with Crippen LogP contribution in [-0.2, 0) is 0 Å². The van der Waals surface area contributed by atoms with Crippen molar-refractivity contribution >= 4 is 6.29 Å². The molecule has 0 spiro atoms. The van der Waals surface area contributed by atoms with Gasteiger partial charge in [-0.2, -0.15) is 0 Å². The van der Waals surface area contributed by atoms with Crippen LogP contribution in [0.1, 0.15) is 10.4 Å². The number of carbonyl (C=O) groups excluding carboxylic acids is 1. The first-order chi connectivity index (χ1) is 9.71. The van der Waals surface area contributed by atoms with Crippen LogP contribution in [0, 0.1) is 5.82 Å². The normalized spacial score (nSPS) is 9.95. The maximum absolute atomic E-state index is 13.8. The summed E-state index contributed by atoms with van der Waals surface area (Å²) in [5.41, 5.74) is 0.109. The van der Waals surface area contributed by atoms with Crippen LogP contribution >= 0.6 is 0 Å². The lowest BCUT2D eigenvalue weighted by Gasteiger charge is -2.15. The van der Waals surface area contributed by atoms with Crippen LogP contribution < -0.4 is 14.2 Å². The van der Waals surface area contributed by atoms with E-state index in [0.29, 0.717) is 17.8 Å². The average Bonchev–Trinajstić information content (AvgIpc) is 2.49. The Bertz CT molecular complexity index is 603. The Labute approximate surface area is 115 Å². The molecule has 0 fully saturated rings. The minimum absolute atomic E-state index is 0.109. The Morgan fingerprint density at radius 2 is 1.55 bits per heavy atom. The molecule has 0 amide bonds. The second kappa shape index (κ2) is 6.06. The van der Waals surface area contributed by atoms with Crippen molar-refractivity contribution in [1.82, 2.24) is 0 Å². The van der Waals surface area contributed by atoms with Gasteiger partial charge in [0.25, 0.3) is 0 Å². The van der Waals surface area contributed by atoms with Crippen molar-refractivity contribution in [3.05, 3.63) is 47.8 Å². The van der Waals surface area contributed by atoms with Crippen LogP contribution in [-0.4, -0.2) is 20.5 Å². The van der Waals surface area contributed by atoms with Crippen molar-refractivity contribution in [3.8, 4) is 23.0 Å². The monoisotopic (exact) mass is 276 g/mol. The van der Waals surface area contributed by atoms with Gasteiger partial charge in [-0.1, -0.05) is 12.1 Å². The molecule has 0 unspecified atom stereocenters. The van der Waals surface area contributed by atoms with Gasteiger partial charge < -0.3 is 14.2 Å². The summed E-state index contributed by atoms with van der Waals surface area (Å²) >= 11 is 0. The number of aldehydes is 1. The van der Waals surface area contributed by atoms with Gasteiger partial charge in [0.05, 0.1) is 19.8 Å². The second-order valence-corrected chi connectivity index (χ2v) is 3.87. The molecule has 0 bridgehead atoms. The fraction of sp³-hybridized carbons (Fsp3) is 0.133. The van der Waals surface area contributed by atoms with E-state index in [2.05, 4.69) is 0 Å². The molecule has 5 heteroatoms. The smallest absolute Gasteiger partial charge is 0.211 e. The molecule has 2 aromatic rings. The lowest BCUT2D eigenvalue weighted by Crippen LogP contribution is -1.98. The molecule has 0 heterocycles. The summed E-state index contributed by atoms with van der Waals surface area (Å²) in [5.74, 6) is 0.174. The van der Waals surface area contributed by atoms with Gasteiger partial charge in [0.2, 0.25) is 5.75 Å². The summed E-state index contributed by atoms with van der Waals surface area (Å²) in [6.07, 6.45) is 0.528. The van der Waals surface area contributed by atoms with Crippen molar-refractivity contribution in [2.24, 2.45) is 0 Å². The van der Waals surface area contributed by atoms with Crippen molar-refractivity contribution in [1.29, 1.82) is 0 Å². The number of para-hydroxylation sites is 2. The molecule has 0 atom stereocenters. The molecule has 2 aromatic carbocycles. The standard InChI is InChI=1S/C15H13FO4/c1-18-12-7-4-8-13(19-2)15(12)20-14-10(9-17)5-3-6-11(14)16/h3-9H,1-2H3. The Balaban J connectivity index is 2.52. The molecule has 0 aliphatic rings. The Kier molecular flexibility index (Phi) is 4.20. The van der Waals surface area contributed by atoms with E-state index in [1.54, 1.807) is 18.2 Å². The topological polar surface area (TPSA) is 44.8 Å². The van der Waals surface area contributed by atoms with E-state index in [9.17, 15) is 9.18 Å². The zero-order chi connectivity index (χ0) is 14.5. The molecule has 2 rings (SSSR count). The maximum Gasteiger partial charge on any atom is 0.211 e. The number of rotatable bonds is 5. The maximum atomic E-state index is 13.8. The van der Waals surface area contributed by atoms with E-state index < -0.39 is 5.82 Å². The lowest BCUT2D eigenvalue weighted by atomic mass is 10.2. The van der Waals surface area contributed by atoms with Crippen LogP contribution in [0.25, 0.3) is 0 Å². The van der Waals surface area contributed by atoms with Gasteiger partial charge >= 0.3 is 0 Å².